The van der Waals surface area contributed by atoms with E-state index >= 15 is 0 Å². The lowest BCUT2D eigenvalue weighted by Crippen LogP contribution is -2.31. The molecule has 2 rings (SSSR count). The Labute approximate surface area is 110 Å². The minimum absolute atomic E-state index is 0.569. The molecule has 1 aromatic rings. The Morgan fingerprint density at radius 2 is 2.11 bits per heavy atom. The van der Waals surface area contributed by atoms with E-state index in [0.29, 0.717) is 6.04 Å². The molecule has 18 heavy (non-hydrogen) atoms. The summed E-state index contributed by atoms with van der Waals surface area (Å²) in [7, 11) is 2.14. The predicted octanol–water partition coefficient (Wildman–Crippen LogP) is 2.71. The van der Waals surface area contributed by atoms with Crippen LogP contribution in [0.1, 0.15) is 39.4 Å². The molecule has 1 heterocycles. The van der Waals surface area contributed by atoms with E-state index in [0.717, 1.165) is 36.3 Å². The lowest BCUT2D eigenvalue weighted by atomic mass is 10.2. The Hall–Kier alpha value is -1.32. The topological polar surface area (TPSA) is 41.0 Å². The van der Waals surface area contributed by atoms with Crippen molar-refractivity contribution in [2.24, 2.45) is 5.92 Å². The molecule has 1 N–H and O–H groups in total. The maximum atomic E-state index is 4.64. The SMILES string of the molecule is CCNc1cc(N(C)C(C)C2CC2)nc(CC)n1. The van der Waals surface area contributed by atoms with E-state index in [4.69, 9.17) is 0 Å². The van der Waals surface area contributed by atoms with Crippen LogP contribution in [-0.4, -0.2) is 29.6 Å². The first-order chi connectivity index (χ1) is 8.65. The van der Waals surface area contributed by atoms with Crippen molar-refractivity contribution in [2.45, 2.75) is 46.1 Å². The van der Waals surface area contributed by atoms with Crippen LogP contribution in [0.15, 0.2) is 6.07 Å². The summed E-state index contributed by atoms with van der Waals surface area (Å²) >= 11 is 0. The fourth-order valence-corrected chi connectivity index (χ4v) is 2.20. The van der Waals surface area contributed by atoms with E-state index in [1.165, 1.54) is 12.8 Å². The Bertz CT molecular complexity index is 401. The molecule has 0 saturated heterocycles. The van der Waals surface area contributed by atoms with Crippen LogP contribution in [0.4, 0.5) is 11.6 Å². The van der Waals surface area contributed by atoms with Crippen molar-refractivity contribution in [2.75, 3.05) is 23.8 Å². The zero-order valence-corrected chi connectivity index (χ0v) is 11.9. The summed E-state index contributed by atoms with van der Waals surface area (Å²) in [6.07, 6.45) is 3.59. The zero-order chi connectivity index (χ0) is 13.1. The largest absolute Gasteiger partial charge is 0.370 e. The van der Waals surface area contributed by atoms with Crippen LogP contribution in [0.3, 0.4) is 0 Å². The predicted molar refractivity (Wildman–Crippen MR) is 76.2 cm³/mol. The number of nitrogens with one attached hydrogen (secondary N) is 1. The van der Waals surface area contributed by atoms with Crippen molar-refractivity contribution >= 4 is 11.6 Å². The van der Waals surface area contributed by atoms with Crippen molar-refractivity contribution in [1.29, 1.82) is 0 Å². The van der Waals surface area contributed by atoms with Crippen LogP contribution in [-0.2, 0) is 6.42 Å². The van der Waals surface area contributed by atoms with Gasteiger partial charge in [-0.1, -0.05) is 6.92 Å². The molecule has 0 aliphatic heterocycles. The number of hydrogen-bond acceptors (Lipinski definition) is 4. The third-order valence-electron chi connectivity index (χ3n) is 3.71. The first-order valence-corrected chi connectivity index (χ1v) is 7.00. The second-order valence-electron chi connectivity index (χ2n) is 5.10. The van der Waals surface area contributed by atoms with Gasteiger partial charge < -0.3 is 10.2 Å². The molecular formula is C14H24N4. The molecular weight excluding hydrogens is 224 g/mol. The number of hydrogen-bond donors (Lipinski definition) is 1. The number of aromatic nitrogens is 2. The summed E-state index contributed by atoms with van der Waals surface area (Å²) in [6.45, 7) is 7.36. The molecule has 0 bridgehead atoms. The van der Waals surface area contributed by atoms with Crippen molar-refractivity contribution in [1.82, 2.24) is 9.97 Å². The minimum Gasteiger partial charge on any atom is -0.370 e. The van der Waals surface area contributed by atoms with Gasteiger partial charge in [-0.25, -0.2) is 9.97 Å². The van der Waals surface area contributed by atoms with Crippen molar-refractivity contribution in [3.05, 3.63) is 11.9 Å². The van der Waals surface area contributed by atoms with Crippen molar-refractivity contribution < 1.29 is 0 Å². The van der Waals surface area contributed by atoms with Gasteiger partial charge >= 0.3 is 0 Å². The third-order valence-corrected chi connectivity index (χ3v) is 3.71. The van der Waals surface area contributed by atoms with Crippen LogP contribution >= 0.6 is 0 Å². The molecule has 1 aliphatic rings. The smallest absolute Gasteiger partial charge is 0.134 e. The summed E-state index contributed by atoms with van der Waals surface area (Å²) in [5.41, 5.74) is 0. The molecule has 1 saturated carbocycles. The molecule has 1 fully saturated rings. The standard InChI is InChI=1S/C14H24N4/c1-5-12-16-13(15-6-2)9-14(17-12)18(4)10(3)11-7-8-11/h9-11H,5-8H2,1-4H3,(H,15,16,17). The molecule has 100 valence electrons. The second kappa shape index (κ2) is 5.55. The molecule has 1 aromatic heterocycles. The van der Waals surface area contributed by atoms with Crippen LogP contribution < -0.4 is 10.2 Å². The number of rotatable bonds is 6. The van der Waals surface area contributed by atoms with Crippen LogP contribution in [0.2, 0.25) is 0 Å². The van der Waals surface area contributed by atoms with Crippen LogP contribution in [0, 0.1) is 5.92 Å². The molecule has 0 amide bonds. The molecule has 0 spiro atoms. The fraction of sp³-hybridized carbons (Fsp3) is 0.714. The van der Waals surface area contributed by atoms with Gasteiger partial charge in [-0.15, -0.1) is 0 Å². The first kappa shape index (κ1) is 13.1. The Kier molecular flexibility index (Phi) is 4.04. The van der Waals surface area contributed by atoms with Crippen molar-refractivity contribution in [3.63, 3.8) is 0 Å². The average molecular weight is 248 g/mol. The van der Waals surface area contributed by atoms with E-state index < -0.39 is 0 Å². The monoisotopic (exact) mass is 248 g/mol. The van der Waals surface area contributed by atoms with Gasteiger partial charge in [0.1, 0.15) is 17.5 Å². The van der Waals surface area contributed by atoms with Crippen LogP contribution in [0.5, 0.6) is 0 Å². The first-order valence-electron chi connectivity index (χ1n) is 7.00. The molecule has 4 heteroatoms. The van der Waals surface area contributed by atoms with Gasteiger partial charge in [0.05, 0.1) is 0 Å². The summed E-state index contributed by atoms with van der Waals surface area (Å²) in [6, 6.07) is 2.63. The van der Waals surface area contributed by atoms with Gasteiger partial charge in [-0.3, -0.25) is 0 Å². The van der Waals surface area contributed by atoms with E-state index in [2.05, 4.69) is 54.1 Å². The van der Waals surface area contributed by atoms with Gasteiger partial charge in [0.15, 0.2) is 0 Å². The summed E-state index contributed by atoms with van der Waals surface area (Å²) in [5, 5.41) is 3.28. The van der Waals surface area contributed by atoms with E-state index in [1.807, 2.05) is 0 Å². The number of anilines is 2. The lowest BCUT2D eigenvalue weighted by Gasteiger charge is -2.26. The highest BCUT2D eigenvalue weighted by atomic mass is 15.2. The molecule has 4 nitrogen and oxygen atoms in total. The molecule has 1 atom stereocenters. The lowest BCUT2D eigenvalue weighted by molar-refractivity contribution is 0.602. The normalized spacial score (nSPS) is 16.4. The average Bonchev–Trinajstić information content (AvgIpc) is 3.21. The van der Waals surface area contributed by atoms with E-state index in [9.17, 15) is 0 Å². The maximum Gasteiger partial charge on any atom is 0.134 e. The maximum absolute atomic E-state index is 4.64. The number of aryl methyl sites for hydroxylation is 1. The third kappa shape index (κ3) is 2.92. The van der Waals surface area contributed by atoms with E-state index in [-0.39, 0.29) is 0 Å². The highest BCUT2D eigenvalue weighted by Gasteiger charge is 2.31. The quantitative estimate of drug-likeness (QED) is 0.840. The van der Waals surface area contributed by atoms with Gasteiger partial charge in [0, 0.05) is 32.1 Å². The Balaban J connectivity index is 2.21. The summed E-state index contributed by atoms with van der Waals surface area (Å²) < 4.78 is 0. The highest BCUT2D eigenvalue weighted by Crippen LogP contribution is 2.36. The van der Waals surface area contributed by atoms with Crippen molar-refractivity contribution in [3.8, 4) is 0 Å². The number of nitrogens with zero attached hydrogens (tertiary/aromatic N) is 3. The highest BCUT2D eigenvalue weighted by molar-refractivity contribution is 5.49. The van der Waals surface area contributed by atoms with Gasteiger partial charge in [-0.05, 0) is 32.6 Å². The zero-order valence-electron chi connectivity index (χ0n) is 11.9. The Morgan fingerprint density at radius 1 is 1.39 bits per heavy atom. The summed E-state index contributed by atoms with van der Waals surface area (Å²) in [4.78, 5) is 11.4. The van der Waals surface area contributed by atoms with Crippen LogP contribution in [0.25, 0.3) is 0 Å². The van der Waals surface area contributed by atoms with Gasteiger partial charge in [0.2, 0.25) is 0 Å². The second-order valence-corrected chi connectivity index (χ2v) is 5.10. The molecule has 1 unspecified atom stereocenters. The summed E-state index contributed by atoms with van der Waals surface area (Å²) in [5.74, 6) is 3.74. The molecule has 1 aliphatic carbocycles. The van der Waals surface area contributed by atoms with Gasteiger partial charge in [0.25, 0.3) is 0 Å². The van der Waals surface area contributed by atoms with E-state index in [1.54, 1.807) is 0 Å². The Morgan fingerprint density at radius 3 is 2.67 bits per heavy atom. The fourth-order valence-electron chi connectivity index (χ4n) is 2.20. The molecule has 0 aromatic carbocycles. The van der Waals surface area contributed by atoms with Gasteiger partial charge in [-0.2, -0.15) is 0 Å². The molecule has 0 radical (unpaired) electrons. The minimum atomic E-state index is 0.569.